The topological polar surface area (TPSA) is 97.6 Å². The van der Waals surface area contributed by atoms with E-state index in [1.54, 1.807) is 36.1 Å². The first-order valence-corrected chi connectivity index (χ1v) is 11.5. The molecule has 0 radical (unpaired) electrons. The van der Waals surface area contributed by atoms with Crippen LogP contribution in [0.25, 0.3) is 0 Å². The second kappa shape index (κ2) is 7.92. The number of nitro benzene ring substituents is 1. The summed E-state index contributed by atoms with van der Waals surface area (Å²) in [5.41, 5.74) is 1.62. The summed E-state index contributed by atoms with van der Waals surface area (Å²) in [5, 5.41) is 10.4. The third kappa shape index (κ3) is 4.36. The summed E-state index contributed by atoms with van der Waals surface area (Å²) in [4.78, 5) is 26.0. The summed E-state index contributed by atoms with van der Waals surface area (Å²) >= 11 is 1.34. The molecule has 1 heterocycles. The van der Waals surface area contributed by atoms with Crippen molar-refractivity contribution in [2.45, 2.75) is 34.8 Å². The number of non-ortho nitro benzene ring substituents is 1. The summed E-state index contributed by atoms with van der Waals surface area (Å²) in [6.45, 7) is 2.38. The molecule has 0 aliphatic carbocycles. The second-order valence-electron chi connectivity index (χ2n) is 6.67. The number of anilines is 1. The van der Waals surface area contributed by atoms with E-state index in [2.05, 4.69) is 0 Å². The first kappa shape index (κ1) is 20.3. The van der Waals surface area contributed by atoms with Gasteiger partial charge in [0.1, 0.15) is 0 Å². The molecule has 3 rings (SSSR count). The van der Waals surface area contributed by atoms with Gasteiger partial charge in [-0.05, 0) is 55.7 Å². The van der Waals surface area contributed by atoms with Crippen molar-refractivity contribution >= 4 is 38.9 Å². The van der Waals surface area contributed by atoms with Crippen LogP contribution in [0, 0.1) is 10.1 Å². The van der Waals surface area contributed by atoms with Crippen LogP contribution in [0.15, 0.2) is 52.3 Å². The van der Waals surface area contributed by atoms with Gasteiger partial charge in [-0.3, -0.25) is 14.9 Å². The fourth-order valence-corrected chi connectivity index (χ4v) is 4.75. The number of rotatable bonds is 5. The quantitative estimate of drug-likeness (QED) is 0.417. The molecule has 0 bridgehead atoms. The molecule has 2 aromatic carbocycles. The number of hydrogen-bond acceptors (Lipinski definition) is 6. The molecule has 1 aliphatic rings. The van der Waals surface area contributed by atoms with Crippen LogP contribution < -0.4 is 4.90 Å². The molecule has 0 spiro atoms. The maximum atomic E-state index is 13.0. The average molecular weight is 421 g/mol. The van der Waals surface area contributed by atoms with Gasteiger partial charge in [-0.15, -0.1) is 11.8 Å². The Bertz CT molecular complexity index is 1020. The molecule has 1 amide bonds. The van der Waals surface area contributed by atoms with E-state index < -0.39 is 14.8 Å². The van der Waals surface area contributed by atoms with Crippen molar-refractivity contribution in [3.05, 3.63) is 58.1 Å². The van der Waals surface area contributed by atoms with E-state index in [9.17, 15) is 23.3 Å². The molecular formula is C19H20N2O5S2. The van der Waals surface area contributed by atoms with Crippen molar-refractivity contribution in [3.8, 4) is 0 Å². The zero-order valence-electron chi connectivity index (χ0n) is 15.5. The number of hydrogen-bond donors (Lipinski definition) is 0. The van der Waals surface area contributed by atoms with E-state index in [4.69, 9.17) is 0 Å². The maximum absolute atomic E-state index is 13.0. The molecule has 7 nitrogen and oxygen atoms in total. The summed E-state index contributed by atoms with van der Waals surface area (Å²) < 4.78 is 23.6. The summed E-state index contributed by atoms with van der Waals surface area (Å²) in [5.74, 6) is -0.0728. The predicted octanol–water partition coefficient (Wildman–Crippen LogP) is 3.46. The van der Waals surface area contributed by atoms with Crippen LogP contribution in [0.2, 0.25) is 0 Å². The van der Waals surface area contributed by atoms with Gasteiger partial charge < -0.3 is 4.90 Å². The van der Waals surface area contributed by atoms with Gasteiger partial charge in [0.25, 0.3) is 5.69 Å². The minimum absolute atomic E-state index is 0.00923. The number of nitrogens with zero attached hydrogens (tertiary/aromatic N) is 2. The molecule has 28 heavy (non-hydrogen) atoms. The lowest BCUT2D eigenvalue weighted by molar-refractivity contribution is -0.384. The van der Waals surface area contributed by atoms with Crippen LogP contribution in [-0.4, -0.2) is 37.3 Å². The normalized spacial score (nSPS) is 15.0. The first-order valence-electron chi connectivity index (χ1n) is 8.72. The fraction of sp³-hybridized carbons (Fsp3) is 0.316. The standard InChI is InChI=1S/C19H20N2O5S2/c1-13(27-16-7-5-15(6-8-16)21(23)24)19(22)20-11-3-4-14-12-17(28(2,25)26)9-10-18(14)20/h5-10,12-13H,3-4,11H2,1-2H3. The molecule has 1 unspecified atom stereocenters. The van der Waals surface area contributed by atoms with E-state index >= 15 is 0 Å². The van der Waals surface area contributed by atoms with Gasteiger partial charge in [0.15, 0.2) is 9.84 Å². The summed E-state index contributed by atoms with van der Waals surface area (Å²) in [6.07, 6.45) is 2.66. The molecule has 0 saturated carbocycles. The van der Waals surface area contributed by atoms with Gasteiger partial charge in [-0.1, -0.05) is 0 Å². The van der Waals surface area contributed by atoms with Crippen molar-refractivity contribution in [2.24, 2.45) is 0 Å². The smallest absolute Gasteiger partial charge is 0.269 e. The maximum Gasteiger partial charge on any atom is 0.269 e. The number of aryl methyl sites for hydroxylation is 1. The Morgan fingerprint density at radius 3 is 2.50 bits per heavy atom. The zero-order valence-corrected chi connectivity index (χ0v) is 17.1. The SMILES string of the molecule is CC(Sc1ccc([N+](=O)[O-])cc1)C(=O)N1CCCc2cc(S(C)(=O)=O)ccc21. The van der Waals surface area contributed by atoms with Crippen LogP contribution in [0.3, 0.4) is 0 Å². The molecule has 1 atom stereocenters. The van der Waals surface area contributed by atoms with E-state index in [1.807, 2.05) is 0 Å². The molecule has 0 saturated heterocycles. The van der Waals surface area contributed by atoms with Crippen molar-refractivity contribution in [2.75, 3.05) is 17.7 Å². The van der Waals surface area contributed by atoms with Gasteiger partial charge in [0.05, 0.1) is 15.1 Å². The lowest BCUT2D eigenvalue weighted by Crippen LogP contribution is -2.40. The Kier molecular flexibility index (Phi) is 5.76. The molecule has 0 fully saturated rings. The van der Waals surface area contributed by atoms with E-state index in [0.29, 0.717) is 6.54 Å². The predicted molar refractivity (Wildman–Crippen MR) is 109 cm³/mol. The highest BCUT2D eigenvalue weighted by Crippen LogP contribution is 2.33. The second-order valence-corrected chi connectivity index (χ2v) is 10.1. The van der Waals surface area contributed by atoms with Crippen molar-refractivity contribution < 1.29 is 18.1 Å². The molecule has 0 N–H and O–H groups in total. The molecular weight excluding hydrogens is 400 g/mol. The van der Waals surface area contributed by atoms with E-state index in [1.165, 1.54) is 36.2 Å². The van der Waals surface area contributed by atoms with Crippen LogP contribution in [0.1, 0.15) is 18.9 Å². The Morgan fingerprint density at radius 2 is 1.89 bits per heavy atom. The number of thioether (sulfide) groups is 1. The average Bonchev–Trinajstić information content (AvgIpc) is 2.66. The highest BCUT2D eigenvalue weighted by Gasteiger charge is 2.27. The Morgan fingerprint density at radius 1 is 1.21 bits per heavy atom. The number of benzene rings is 2. The zero-order chi connectivity index (χ0) is 20.5. The van der Waals surface area contributed by atoms with Gasteiger partial charge >= 0.3 is 0 Å². The molecule has 2 aromatic rings. The molecule has 1 aliphatic heterocycles. The number of nitro groups is 1. The lowest BCUT2D eigenvalue weighted by atomic mass is 10.0. The van der Waals surface area contributed by atoms with Crippen molar-refractivity contribution in [3.63, 3.8) is 0 Å². The third-order valence-corrected chi connectivity index (χ3v) is 6.78. The van der Waals surface area contributed by atoms with Gasteiger partial charge in [-0.25, -0.2) is 8.42 Å². The molecule has 148 valence electrons. The number of fused-ring (bicyclic) bond motifs is 1. The molecule has 9 heteroatoms. The monoisotopic (exact) mass is 420 g/mol. The van der Waals surface area contributed by atoms with E-state index in [0.717, 1.165) is 29.0 Å². The van der Waals surface area contributed by atoms with Crippen LogP contribution in [0.5, 0.6) is 0 Å². The third-order valence-electron chi connectivity index (χ3n) is 4.57. The number of carbonyl (C=O) groups excluding carboxylic acids is 1. The molecule has 0 aromatic heterocycles. The lowest BCUT2D eigenvalue weighted by Gasteiger charge is -2.31. The summed E-state index contributed by atoms with van der Waals surface area (Å²) in [7, 11) is -3.30. The number of carbonyl (C=O) groups is 1. The van der Waals surface area contributed by atoms with E-state index in [-0.39, 0.29) is 21.7 Å². The first-order chi connectivity index (χ1) is 13.2. The Hall–Kier alpha value is -2.39. The Balaban J connectivity index is 1.78. The van der Waals surface area contributed by atoms with Crippen molar-refractivity contribution in [1.29, 1.82) is 0 Å². The van der Waals surface area contributed by atoms with Gasteiger partial charge in [0.2, 0.25) is 5.91 Å². The summed E-state index contributed by atoms with van der Waals surface area (Å²) in [6, 6.07) is 11.0. The van der Waals surface area contributed by atoms with Gasteiger partial charge in [0, 0.05) is 35.5 Å². The highest BCUT2D eigenvalue weighted by molar-refractivity contribution is 8.00. The van der Waals surface area contributed by atoms with Crippen LogP contribution in [0.4, 0.5) is 11.4 Å². The Labute approximate surface area is 167 Å². The number of sulfone groups is 1. The van der Waals surface area contributed by atoms with Gasteiger partial charge in [-0.2, -0.15) is 0 Å². The minimum atomic E-state index is -3.30. The van der Waals surface area contributed by atoms with Crippen LogP contribution in [-0.2, 0) is 21.1 Å². The number of amides is 1. The fourth-order valence-electron chi connectivity index (χ4n) is 3.15. The van der Waals surface area contributed by atoms with Crippen molar-refractivity contribution in [1.82, 2.24) is 0 Å². The highest BCUT2D eigenvalue weighted by atomic mass is 32.2. The minimum Gasteiger partial charge on any atom is -0.311 e. The van der Waals surface area contributed by atoms with Crippen LogP contribution >= 0.6 is 11.8 Å². The largest absolute Gasteiger partial charge is 0.311 e.